The lowest BCUT2D eigenvalue weighted by atomic mass is 10.1. The second kappa shape index (κ2) is 4.66. The Bertz CT molecular complexity index is 368. The fourth-order valence-corrected chi connectivity index (χ4v) is 1.71. The molecule has 1 saturated carbocycles. The number of aliphatic carboxylic acids is 1. The molecule has 0 aromatic heterocycles. The zero-order valence-corrected chi connectivity index (χ0v) is 9.44. The van der Waals surface area contributed by atoms with Gasteiger partial charge in [-0.15, -0.1) is 0 Å². The number of benzene rings is 1. The Morgan fingerprint density at radius 2 is 2.06 bits per heavy atom. The summed E-state index contributed by atoms with van der Waals surface area (Å²) in [5, 5.41) is 12.3. The quantitative estimate of drug-likeness (QED) is 0.797. The number of hydrogen-bond acceptors (Lipinski definition) is 2. The van der Waals surface area contributed by atoms with Crippen molar-refractivity contribution in [3.05, 3.63) is 35.4 Å². The number of nitrogens with one attached hydrogen (secondary N) is 1. The van der Waals surface area contributed by atoms with E-state index >= 15 is 0 Å². The van der Waals surface area contributed by atoms with E-state index in [0.29, 0.717) is 5.92 Å². The SMILES string of the molecule is Cc1ccc(C(NCC2CC2)C(=O)O)cc1. The Labute approximate surface area is 95.5 Å². The molecule has 3 heteroatoms. The van der Waals surface area contributed by atoms with E-state index < -0.39 is 12.0 Å². The van der Waals surface area contributed by atoms with E-state index in [2.05, 4.69) is 5.32 Å². The van der Waals surface area contributed by atoms with Gasteiger partial charge in [0.2, 0.25) is 0 Å². The molecule has 16 heavy (non-hydrogen) atoms. The molecular formula is C13H17NO2. The van der Waals surface area contributed by atoms with Gasteiger partial charge < -0.3 is 10.4 Å². The molecule has 1 aromatic rings. The lowest BCUT2D eigenvalue weighted by molar-refractivity contribution is -0.139. The highest BCUT2D eigenvalue weighted by Crippen LogP contribution is 2.28. The predicted molar refractivity (Wildman–Crippen MR) is 62.3 cm³/mol. The van der Waals surface area contributed by atoms with Gasteiger partial charge in [0.15, 0.2) is 0 Å². The van der Waals surface area contributed by atoms with Gasteiger partial charge in [-0.2, -0.15) is 0 Å². The van der Waals surface area contributed by atoms with Gasteiger partial charge in [0.1, 0.15) is 6.04 Å². The van der Waals surface area contributed by atoms with Gasteiger partial charge in [-0.25, -0.2) is 0 Å². The third kappa shape index (κ3) is 2.83. The summed E-state index contributed by atoms with van der Waals surface area (Å²) >= 11 is 0. The summed E-state index contributed by atoms with van der Waals surface area (Å²) in [6, 6.07) is 7.09. The monoisotopic (exact) mass is 219 g/mol. The van der Waals surface area contributed by atoms with Crippen molar-refractivity contribution < 1.29 is 9.90 Å². The smallest absolute Gasteiger partial charge is 0.325 e. The first kappa shape index (κ1) is 11.1. The maximum Gasteiger partial charge on any atom is 0.325 e. The predicted octanol–water partition coefficient (Wildman–Crippen LogP) is 2.12. The number of carboxylic acid groups (broad SMARTS) is 1. The average molecular weight is 219 g/mol. The fraction of sp³-hybridized carbons (Fsp3) is 0.462. The Morgan fingerprint density at radius 1 is 1.44 bits per heavy atom. The van der Waals surface area contributed by atoms with Gasteiger partial charge in [0, 0.05) is 0 Å². The number of rotatable bonds is 5. The van der Waals surface area contributed by atoms with E-state index in [0.717, 1.165) is 17.7 Å². The Hall–Kier alpha value is -1.35. The van der Waals surface area contributed by atoms with Gasteiger partial charge in [-0.1, -0.05) is 29.8 Å². The lowest BCUT2D eigenvalue weighted by Crippen LogP contribution is -2.30. The van der Waals surface area contributed by atoms with E-state index in [1.165, 1.54) is 12.8 Å². The number of carbonyl (C=O) groups is 1. The van der Waals surface area contributed by atoms with Crippen LogP contribution in [0.1, 0.15) is 30.0 Å². The normalized spacial score (nSPS) is 17.1. The van der Waals surface area contributed by atoms with Crippen molar-refractivity contribution in [3.8, 4) is 0 Å². The molecule has 0 bridgehead atoms. The van der Waals surface area contributed by atoms with Crippen LogP contribution in [0.2, 0.25) is 0 Å². The molecule has 0 amide bonds. The summed E-state index contributed by atoms with van der Waals surface area (Å²) in [5.41, 5.74) is 1.98. The second-order valence-electron chi connectivity index (χ2n) is 4.53. The molecule has 1 aliphatic rings. The van der Waals surface area contributed by atoms with Crippen LogP contribution in [0.15, 0.2) is 24.3 Å². The number of carboxylic acids is 1. The van der Waals surface area contributed by atoms with Crippen LogP contribution in [0.4, 0.5) is 0 Å². The zero-order chi connectivity index (χ0) is 11.5. The van der Waals surface area contributed by atoms with Gasteiger partial charge >= 0.3 is 5.97 Å². The summed E-state index contributed by atoms with van der Waals surface area (Å²) in [4.78, 5) is 11.2. The van der Waals surface area contributed by atoms with Gasteiger partial charge in [-0.3, -0.25) is 4.79 Å². The Kier molecular flexibility index (Phi) is 3.25. The van der Waals surface area contributed by atoms with E-state index in [9.17, 15) is 4.79 Å². The molecule has 0 aliphatic heterocycles. The lowest BCUT2D eigenvalue weighted by Gasteiger charge is -2.14. The summed E-state index contributed by atoms with van der Waals surface area (Å²) < 4.78 is 0. The molecule has 1 atom stereocenters. The van der Waals surface area contributed by atoms with Gasteiger partial charge in [-0.05, 0) is 37.8 Å². The van der Waals surface area contributed by atoms with Crippen LogP contribution < -0.4 is 5.32 Å². The highest BCUT2D eigenvalue weighted by Gasteiger charge is 2.25. The average Bonchev–Trinajstić information content (AvgIpc) is 3.04. The minimum absolute atomic E-state index is 0.568. The van der Waals surface area contributed by atoms with E-state index in [1.54, 1.807) is 0 Å². The highest BCUT2D eigenvalue weighted by atomic mass is 16.4. The first-order valence-corrected chi connectivity index (χ1v) is 5.69. The Balaban J connectivity index is 2.04. The molecule has 2 rings (SSSR count). The minimum Gasteiger partial charge on any atom is -0.480 e. The molecule has 1 aromatic carbocycles. The minimum atomic E-state index is -0.801. The molecule has 0 heterocycles. The summed E-state index contributed by atoms with van der Waals surface area (Å²) in [7, 11) is 0. The van der Waals surface area contributed by atoms with Crippen molar-refractivity contribution in [2.75, 3.05) is 6.54 Å². The van der Waals surface area contributed by atoms with E-state index in [1.807, 2.05) is 31.2 Å². The van der Waals surface area contributed by atoms with Crippen LogP contribution in [-0.4, -0.2) is 17.6 Å². The van der Waals surface area contributed by atoms with Crippen LogP contribution in [-0.2, 0) is 4.79 Å². The molecule has 2 N–H and O–H groups in total. The maximum atomic E-state index is 11.2. The fourth-order valence-electron chi connectivity index (χ4n) is 1.71. The molecule has 1 aliphatic carbocycles. The third-order valence-corrected chi connectivity index (χ3v) is 2.97. The summed E-state index contributed by atoms with van der Waals surface area (Å²) in [5.74, 6) is -0.114. The molecule has 3 nitrogen and oxygen atoms in total. The molecule has 1 fully saturated rings. The number of hydrogen-bond donors (Lipinski definition) is 2. The molecule has 0 saturated heterocycles. The van der Waals surface area contributed by atoms with E-state index in [-0.39, 0.29) is 0 Å². The largest absolute Gasteiger partial charge is 0.480 e. The van der Waals surface area contributed by atoms with Crippen LogP contribution >= 0.6 is 0 Å². The second-order valence-corrected chi connectivity index (χ2v) is 4.53. The van der Waals surface area contributed by atoms with Crippen molar-refractivity contribution in [2.24, 2.45) is 5.92 Å². The van der Waals surface area contributed by atoms with Crippen LogP contribution in [0.5, 0.6) is 0 Å². The molecular weight excluding hydrogens is 202 g/mol. The van der Waals surface area contributed by atoms with Crippen LogP contribution in [0.25, 0.3) is 0 Å². The highest BCUT2D eigenvalue weighted by molar-refractivity contribution is 5.75. The van der Waals surface area contributed by atoms with Crippen molar-refractivity contribution >= 4 is 5.97 Å². The van der Waals surface area contributed by atoms with Crippen molar-refractivity contribution in [3.63, 3.8) is 0 Å². The van der Waals surface area contributed by atoms with Gasteiger partial charge in [0.05, 0.1) is 0 Å². The standard InChI is InChI=1S/C13H17NO2/c1-9-2-6-11(7-3-9)12(13(15)16)14-8-10-4-5-10/h2-3,6-7,10,12,14H,4-5,8H2,1H3,(H,15,16). The maximum absolute atomic E-state index is 11.2. The van der Waals surface area contributed by atoms with Crippen molar-refractivity contribution in [1.29, 1.82) is 0 Å². The molecule has 0 radical (unpaired) electrons. The molecule has 86 valence electrons. The first-order chi connectivity index (χ1) is 7.66. The Morgan fingerprint density at radius 3 is 2.56 bits per heavy atom. The zero-order valence-electron chi connectivity index (χ0n) is 9.44. The van der Waals surface area contributed by atoms with Gasteiger partial charge in [0.25, 0.3) is 0 Å². The third-order valence-electron chi connectivity index (χ3n) is 2.97. The molecule has 0 spiro atoms. The van der Waals surface area contributed by atoms with E-state index in [4.69, 9.17) is 5.11 Å². The molecule has 1 unspecified atom stereocenters. The first-order valence-electron chi connectivity index (χ1n) is 5.69. The number of aryl methyl sites for hydroxylation is 1. The summed E-state index contributed by atoms with van der Waals surface area (Å²) in [6.45, 7) is 2.81. The van der Waals surface area contributed by atoms with Crippen LogP contribution in [0.3, 0.4) is 0 Å². The van der Waals surface area contributed by atoms with Crippen molar-refractivity contribution in [2.45, 2.75) is 25.8 Å². The topological polar surface area (TPSA) is 49.3 Å². The van der Waals surface area contributed by atoms with Crippen LogP contribution in [0, 0.1) is 12.8 Å². The summed E-state index contributed by atoms with van der Waals surface area (Å²) in [6.07, 6.45) is 2.46. The van der Waals surface area contributed by atoms with Crippen molar-refractivity contribution in [1.82, 2.24) is 5.32 Å².